The van der Waals surface area contributed by atoms with E-state index < -0.39 is 0 Å². The largest absolute Gasteiger partial charge is 0.373 e. The fraction of sp³-hybridized carbons (Fsp3) is 0.733. The van der Waals surface area contributed by atoms with Crippen molar-refractivity contribution in [3.05, 3.63) is 11.9 Å². The molecule has 0 radical (unpaired) electrons. The third-order valence-corrected chi connectivity index (χ3v) is 4.63. The number of hydrogen-bond donors (Lipinski definition) is 1. The molecule has 4 rings (SSSR count). The Hall–Kier alpha value is -1.36. The molecule has 20 heavy (non-hydrogen) atoms. The maximum atomic E-state index is 4.81. The number of anilines is 2. The lowest BCUT2D eigenvalue weighted by Crippen LogP contribution is -2.47. The SMILES string of the molecule is CNc1cc(N2CCN(C3CC3)CC2)nc(C2CC2)n1. The van der Waals surface area contributed by atoms with Crippen LogP contribution in [0.5, 0.6) is 0 Å². The van der Waals surface area contributed by atoms with E-state index in [4.69, 9.17) is 4.98 Å². The summed E-state index contributed by atoms with van der Waals surface area (Å²) in [7, 11) is 1.94. The van der Waals surface area contributed by atoms with E-state index in [9.17, 15) is 0 Å². The minimum Gasteiger partial charge on any atom is -0.373 e. The van der Waals surface area contributed by atoms with Crippen LogP contribution in [0.1, 0.15) is 37.4 Å². The van der Waals surface area contributed by atoms with Gasteiger partial charge in [0.25, 0.3) is 0 Å². The zero-order valence-electron chi connectivity index (χ0n) is 12.2. The van der Waals surface area contributed by atoms with Crippen molar-refractivity contribution in [2.24, 2.45) is 0 Å². The van der Waals surface area contributed by atoms with Crippen molar-refractivity contribution in [1.29, 1.82) is 0 Å². The van der Waals surface area contributed by atoms with E-state index in [0.717, 1.165) is 36.6 Å². The van der Waals surface area contributed by atoms with E-state index in [-0.39, 0.29) is 0 Å². The van der Waals surface area contributed by atoms with Crippen LogP contribution in [-0.2, 0) is 0 Å². The second-order valence-corrected chi connectivity index (χ2v) is 6.25. The van der Waals surface area contributed by atoms with Crippen LogP contribution < -0.4 is 10.2 Å². The van der Waals surface area contributed by atoms with Crippen LogP contribution in [0.2, 0.25) is 0 Å². The highest BCUT2D eigenvalue weighted by Gasteiger charge is 2.32. The smallest absolute Gasteiger partial charge is 0.136 e. The van der Waals surface area contributed by atoms with Crippen molar-refractivity contribution in [3.8, 4) is 0 Å². The summed E-state index contributed by atoms with van der Waals surface area (Å²) < 4.78 is 0. The molecule has 0 aromatic carbocycles. The molecule has 2 aliphatic carbocycles. The number of piperazine rings is 1. The summed E-state index contributed by atoms with van der Waals surface area (Å²) in [6, 6.07) is 2.98. The Morgan fingerprint density at radius 1 is 1.05 bits per heavy atom. The van der Waals surface area contributed by atoms with E-state index in [0.29, 0.717) is 5.92 Å². The first kappa shape index (κ1) is 12.4. The molecule has 5 nitrogen and oxygen atoms in total. The first-order valence-electron chi connectivity index (χ1n) is 7.89. The Balaban J connectivity index is 1.50. The third kappa shape index (κ3) is 2.46. The van der Waals surface area contributed by atoms with Gasteiger partial charge in [-0.3, -0.25) is 4.90 Å². The number of nitrogens with one attached hydrogen (secondary N) is 1. The van der Waals surface area contributed by atoms with Gasteiger partial charge in [-0.15, -0.1) is 0 Å². The highest BCUT2D eigenvalue weighted by atomic mass is 15.3. The molecule has 1 N–H and O–H groups in total. The van der Waals surface area contributed by atoms with E-state index >= 15 is 0 Å². The summed E-state index contributed by atoms with van der Waals surface area (Å²) >= 11 is 0. The fourth-order valence-corrected chi connectivity index (χ4v) is 3.02. The van der Waals surface area contributed by atoms with Gasteiger partial charge in [-0.25, -0.2) is 9.97 Å². The molecular formula is C15H23N5. The molecule has 1 aromatic heterocycles. The van der Waals surface area contributed by atoms with Crippen LogP contribution in [0.3, 0.4) is 0 Å². The molecule has 3 aliphatic rings. The molecule has 0 spiro atoms. The Bertz CT molecular complexity index is 487. The van der Waals surface area contributed by atoms with Gasteiger partial charge in [0.05, 0.1) is 0 Å². The summed E-state index contributed by atoms with van der Waals surface area (Å²) in [6.07, 6.45) is 5.32. The zero-order valence-corrected chi connectivity index (χ0v) is 12.2. The minimum absolute atomic E-state index is 0.606. The highest BCUT2D eigenvalue weighted by Crippen LogP contribution is 2.39. The highest BCUT2D eigenvalue weighted by molar-refractivity contribution is 5.50. The topological polar surface area (TPSA) is 44.3 Å². The van der Waals surface area contributed by atoms with Gasteiger partial charge in [-0.1, -0.05) is 0 Å². The molecule has 1 saturated heterocycles. The summed E-state index contributed by atoms with van der Waals surface area (Å²) in [4.78, 5) is 14.5. The predicted octanol–water partition coefficient (Wildman–Crippen LogP) is 1.68. The Kier molecular flexibility index (Phi) is 3.02. The molecule has 1 aliphatic heterocycles. The van der Waals surface area contributed by atoms with Gasteiger partial charge in [-0.05, 0) is 25.7 Å². The number of rotatable bonds is 4. The molecule has 2 heterocycles. The quantitative estimate of drug-likeness (QED) is 0.904. The normalized spacial score (nSPS) is 23.9. The van der Waals surface area contributed by atoms with Crippen molar-refractivity contribution in [2.75, 3.05) is 43.4 Å². The van der Waals surface area contributed by atoms with Crippen molar-refractivity contribution in [1.82, 2.24) is 14.9 Å². The standard InChI is InChI=1S/C15H23N5/c1-16-13-10-14(18-15(17-13)11-2-3-11)20-8-6-19(7-9-20)12-4-5-12/h10-12H,2-9H2,1H3,(H,16,17,18). The minimum atomic E-state index is 0.606. The molecule has 5 heteroatoms. The lowest BCUT2D eigenvalue weighted by atomic mass is 10.3. The Morgan fingerprint density at radius 2 is 1.80 bits per heavy atom. The summed E-state index contributed by atoms with van der Waals surface area (Å²) in [5.74, 6) is 3.72. The zero-order chi connectivity index (χ0) is 13.5. The number of aromatic nitrogens is 2. The lowest BCUT2D eigenvalue weighted by molar-refractivity contribution is 0.247. The number of hydrogen-bond acceptors (Lipinski definition) is 5. The van der Waals surface area contributed by atoms with E-state index in [2.05, 4.69) is 26.2 Å². The maximum absolute atomic E-state index is 4.81. The number of nitrogens with zero attached hydrogens (tertiary/aromatic N) is 4. The van der Waals surface area contributed by atoms with Crippen LogP contribution in [0.25, 0.3) is 0 Å². The van der Waals surface area contributed by atoms with Crippen LogP contribution in [0.15, 0.2) is 6.07 Å². The monoisotopic (exact) mass is 273 g/mol. The van der Waals surface area contributed by atoms with Crippen LogP contribution >= 0.6 is 0 Å². The molecule has 3 fully saturated rings. The van der Waals surface area contributed by atoms with Crippen LogP contribution in [0.4, 0.5) is 11.6 Å². The second kappa shape index (κ2) is 4.88. The van der Waals surface area contributed by atoms with Gasteiger partial charge in [-0.2, -0.15) is 0 Å². The summed E-state index contributed by atoms with van der Waals surface area (Å²) in [6.45, 7) is 4.56. The van der Waals surface area contributed by atoms with E-state index in [1.807, 2.05) is 7.05 Å². The first-order valence-corrected chi connectivity index (χ1v) is 7.89. The Morgan fingerprint density at radius 3 is 2.40 bits per heavy atom. The van der Waals surface area contributed by atoms with Crippen LogP contribution in [-0.4, -0.2) is 54.1 Å². The first-order chi connectivity index (χ1) is 9.83. The summed E-state index contributed by atoms with van der Waals surface area (Å²) in [5, 5.41) is 3.18. The van der Waals surface area contributed by atoms with Gasteiger partial charge >= 0.3 is 0 Å². The molecule has 0 bridgehead atoms. The molecule has 2 saturated carbocycles. The van der Waals surface area contributed by atoms with E-state index in [1.54, 1.807) is 0 Å². The van der Waals surface area contributed by atoms with Gasteiger partial charge in [0.1, 0.15) is 17.5 Å². The fourth-order valence-electron chi connectivity index (χ4n) is 3.02. The second-order valence-electron chi connectivity index (χ2n) is 6.25. The Labute approximate surface area is 120 Å². The predicted molar refractivity (Wildman–Crippen MR) is 80.4 cm³/mol. The molecule has 108 valence electrons. The summed E-state index contributed by atoms with van der Waals surface area (Å²) in [5.41, 5.74) is 0. The average Bonchev–Trinajstić information content (AvgIpc) is 3.39. The molecular weight excluding hydrogens is 250 g/mol. The van der Waals surface area contributed by atoms with Crippen molar-refractivity contribution >= 4 is 11.6 Å². The third-order valence-electron chi connectivity index (χ3n) is 4.63. The maximum Gasteiger partial charge on any atom is 0.136 e. The lowest BCUT2D eigenvalue weighted by Gasteiger charge is -2.35. The molecule has 0 unspecified atom stereocenters. The van der Waals surface area contributed by atoms with Gasteiger partial charge in [0, 0.05) is 51.3 Å². The van der Waals surface area contributed by atoms with Gasteiger partial charge in [0.15, 0.2) is 0 Å². The molecule has 1 aromatic rings. The molecule has 0 atom stereocenters. The van der Waals surface area contributed by atoms with Gasteiger partial charge < -0.3 is 10.2 Å². The van der Waals surface area contributed by atoms with Gasteiger partial charge in [0.2, 0.25) is 0 Å². The van der Waals surface area contributed by atoms with Crippen LogP contribution in [0, 0.1) is 0 Å². The van der Waals surface area contributed by atoms with Crippen molar-refractivity contribution in [2.45, 2.75) is 37.6 Å². The van der Waals surface area contributed by atoms with Crippen molar-refractivity contribution in [3.63, 3.8) is 0 Å². The molecule has 0 amide bonds. The van der Waals surface area contributed by atoms with E-state index in [1.165, 1.54) is 38.8 Å². The average molecular weight is 273 g/mol. The van der Waals surface area contributed by atoms with Crippen molar-refractivity contribution < 1.29 is 0 Å².